The Hall–Kier alpha value is -3.41. The van der Waals surface area contributed by atoms with Gasteiger partial charge in [0.25, 0.3) is 5.91 Å². The highest BCUT2D eigenvalue weighted by molar-refractivity contribution is 5.97. The molecule has 3 aromatic rings. The molecule has 0 radical (unpaired) electrons. The van der Waals surface area contributed by atoms with Gasteiger partial charge in [0.15, 0.2) is 0 Å². The van der Waals surface area contributed by atoms with E-state index >= 15 is 0 Å². The van der Waals surface area contributed by atoms with Gasteiger partial charge in [0.2, 0.25) is 0 Å². The van der Waals surface area contributed by atoms with E-state index in [1.54, 1.807) is 4.90 Å². The first-order valence-electron chi connectivity index (χ1n) is 9.58. The molecule has 0 saturated carbocycles. The molecule has 0 fully saturated rings. The zero-order valence-corrected chi connectivity index (χ0v) is 17.4. The zero-order valence-electron chi connectivity index (χ0n) is 17.4. The van der Waals surface area contributed by atoms with Crippen LogP contribution in [-0.2, 0) is 13.1 Å². The number of benzene rings is 2. The van der Waals surface area contributed by atoms with E-state index in [9.17, 15) is 4.79 Å². The summed E-state index contributed by atoms with van der Waals surface area (Å²) in [5.74, 6) is 0.335. The fourth-order valence-corrected chi connectivity index (χ4v) is 3.25. The van der Waals surface area contributed by atoms with E-state index in [1.807, 2.05) is 75.1 Å². The van der Waals surface area contributed by atoms with Crippen LogP contribution in [0.1, 0.15) is 38.4 Å². The molecule has 0 aliphatic carbocycles. The molecule has 6 nitrogen and oxygen atoms in total. The predicted molar refractivity (Wildman–Crippen MR) is 115 cm³/mol. The predicted octanol–water partition coefficient (Wildman–Crippen LogP) is 3.37. The monoisotopic (exact) mass is 389 g/mol. The lowest BCUT2D eigenvalue weighted by Gasteiger charge is -2.14. The molecule has 1 heterocycles. The molecule has 0 bridgehead atoms. The summed E-state index contributed by atoms with van der Waals surface area (Å²) in [4.78, 5) is 14.5. The van der Waals surface area contributed by atoms with Gasteiger partial charge in [-0.3, -0.25) is 14.9 Å². The van der Waals surface area contributed by atoms with Gasteiger partial charge >= 0.3 is 0 Å². The van der Waals surface area contributed by atoms with Gasteiger partial charge < -0.3 is 10.2 Å². The largest absolute Gasteiger partial charge is 0.363 e. The standard InChI is InChI=1S/C23H27N5O/c1-16-21(17(2)28(26-16)15-19-8-6-5-7-9-19)23(29)25-14-18-10-12-20(13-11-18)22(24)27(3)4/h5-13,24H,14-15H2,1-4H3,(H,25,29). The highest BCUT2D eigenvalue weighted by atomic mass is 16.1. The van der Waals surface area contributed by atoms with Crippen LogP contribution < -0.4 is 5.32 Å². The molecule has 0 aliphatic rings. The number of amidine groups is 1. The van der Waals surface area contributed by atoms with Crippen molar-refractivity contribution in [1.82, 2.24) is 20.0 Å². The van der Waals surface area contributed by atoms with E-state index in [1.165, 1.54) is 0 Å². The van der Waals surface area contributed by atoms with Crippen LogP contribution in [0.15, 0.2) is 54.6 Å². The van der Waals surface area contributed by atoms with Crippen LogP contribution in [0.4, 0.5) is 0 Å². The van der Waals surface area contributed by atoms with Crippen molar-refractivity contribution >= 4 is 11.7 Å². The summed E-state index contributed by atoms with van der Waals surface area (Å²) in [6, 6.07) is 17.8. The third-order valence-corrected chi connectivity index (χ3v) is 4.91. The maximum Gasteiger partial charge on any atom is 0.255 e. The first kappa shape index (κ1) is 20.3. The summed E-state index contributed by atoms with van der Waals surface area (Å²) in [5, 5.41) is 15.6. The molecule has 6 heteroatoms. The minimum atomic E-state index is -0.121. The van der Waals surface area contributed by atoms with E-state index in [2.05, 4.69) is 22.5 Å². The summed E-state index contributed by atoms with van der Waals surface area (Å²) in [6.07, 6.45) is 0. The molecule has 0 atom stereocenters. The van der Waals surface area contributed by atoms with Gasteiger partial charge in [0.05, 0.1) is 17.8 Å². The average Bonchev–Trinajstić information content (AvgIpc) is 2.99. The number of rotatable bonds is 6. The third kappa shape index (κ3) is 4.71. The van der Waals surface area contributed by atoms with Crippen LogP contribution in [-0.4, -0.2) is 40.5 Å². The van der Waals surface area contributed by atoms with Crippen molar-refractivity contribution < 1.29 is 4.79 Å². The van der Waals surface area contributed by atoms with Crippen molar-refractivity contribution in [2.45, 2.75) is 26.9 Å². The quantitative estimate of drug-likeness (QED) is 0.501. The van der Waals surface area contributed by atoms with Gasteiger partial charge in [0.1, 0.15) is 5.84 Å². The van der Waals surface area contributed by atoms with Gasteiger partial charge in [-0.2, -0.15) is 5.10 Å². The number of amides is 1. The summed E-state index contributed by atoms with van der Waals surface area (Å²) in [5.41, 5.74) is 5.20. The Bertz CT molecular complexity index is 1000. The van der Waals surface area contributed by atoms with Gasteiger partial charge in [0, 0.05) is 31.9 Å². The van der Waals surface area contributed by atoms with E-state index in [0.29, 0.717) is 24.5 Å². The molecular weight excluding hydrogens is 362 g/mol. The summed E-state index contributed by atoms with van der Waals surface area (Å²) < 4.78 is 1.88. The van der Waals surface area contributed by atoms with Crippen LogP contribution in [0.25, 0.3) is 0 Å². The number of aromatic nitrogens is 2. The topological polar surface area (TPSA) is 74.0 Å². The van der Waals surface area contributed by atoms with Gasteiger partial charge in [-0.05, 0) is 25.0 Å². The fraction of sp³-hybridized carbons (Fsp3) is 0.261. The molecular formula is C23H27N5O. The number of carbonyl (C=O) groups excluding carboxylic acids is 1. The first-order chi connectivity index (χ1) is 13.9. The Morgan fingerprint density at radius 2 is 1.69 bits per heavy atom. The Morgan fingerprint density at radius 1 is 1.03 bits per heavy atom. The fourth-order valence-electron chi connectivity index (χ4n) is 3.25. The van der Waals surface area contributed by atoms with E-state index in [0.717, 1.165) is 28.1 Å². The highest BCUT2D eigenvalue weighted by Gasteiger charge is 2.18. The highest BCUT2D eigenvalue weighted by Crippen LogP contribution is 2.15. The van der Waals surface area contributed by atoms with Crippen molar-refractivity contribution in [3.8, 4) is 0 Å². The molecule has 150 valence electrons. The van der Waals surface area contributed by atoms with E-state index in [-0.39, 0.29) is 5.91 Å². The third-order valence-electron chi connectivity index (χ3n) is 4.91. The second-order valence-corrected chi connectivity index (χ2v) is 7.31. The van der Waals surface area contributed by atoms with Crippen molar-refractivity contribution in [3.05, 3.63) is 88.2 Å². The van der Waals surface area contributed by atoms with Crippen LogP contribution in [0.2, 0.25) is 0 Å². The van der Waals surface area contributed by atoms with Crippen molar-refractivity contribution in [2.75, 3.05) is 14.1 Å². The number of aryl methyl sites for hydroxylation is 1. The van der Waals surface area contributed by atoms with E-state index < -0.39 is 0 Å². The molecule has 2 N–H and O–H groups in total. The number of nitrogens with one attached hydrogen (secondary N) is 2. The molecule has 0 aliphatic heterocycles. The van der Waals surface area contributed by atoms with Crippen LogP contribution in [0, 0.1) is 19.3 Å². The number of hydrogen-bond donors (Lipinski definition) is 2. The normalized spacial score (nSPS) is 10.6. The lowest BCUT2D eigenvalue weighted by atomic mass is 10.1. The molecule has 1 amide bonds. The smallest absolute Gasteiger partial charge is 0.255 e. The maximum atomic E-state index is 12.8. The average molecular weight is 390 g/mol. The molecule has 29 heavy (non-hydrogen) atoms. The molecule has 0 spiro atoms. The second kappa shape index (κ2) is 8.73. The van der Waals surface area contributed by atoms with Gasteiger partial charge in [-0.1, -0.05) is 54.6 Å². The van der Waals surface area contributed by atoms with Gasteiger partial charge in [-0.15, -0.1) is 0 Å². The molecule has 3 rings (SSSR count). The molecule has 0 unspecified atom stereocenters. The van der Waals surface area contributed by atoms with Crippen LogP contribution >= 0.6 is 0 Å². The summed E-state index contributed by atoms with van der Waals surface area (Å²) in [6.45, 7) is 4.86. The van der Waals surface area contributed by atoms with Crippen LogP contribution in [0.3, 0.4) is 0 Å². The number of nitrogens with zero attached hydrogens (tertiary/aromatic N) is 3. The SMILES string of the molecule is Cc1nn(Cc2ccccc2)c(C)c1C(=O)NCc1ccc(C(=N)N(C)C)cc1. The van der Waals surface area contributed by atoms with Crippen molar-refractivity contribution in [2.24, 2.45) is 0 Å². The van der Waals surface area contributed by atoms with Crippen molar-refractivity contribution in [1.29, 1.82) is 5.41 Å². The van der Waals surface area contributed by atoms with Gasteiger partial charge in [-0.25, -0.2) is 0 Å². The number of carbonyl (C=O) groups is 1. The lowest BCUT2D eigenvalue weighted by molar-refractivity contribution is 0.0949. The minimum Gasteiger partial charge on any atom is -0.363 e. The number of hydrogen-bond acceptors (Lipinski definition) is 3. The second-order valence-electron chi connectivity index (χ2n) is 7.31. The summed E-state index contributed by atoms with van der Waals surface area (Å²) in [7, 11) is 3.69. The Labute approximate surface area is 171 Å². The first-order valence-corrected chi connectivity index (χ1v) is 9.58. The van der Waals surface area contributed by atoms with Crippen molar-refractivity contribution in [3.63, 3.8) is 0 Å². The zero-order chi connectivity index (χ0) is 21.0. The Balaban J connectivity index is 1.67. The maximum absolute atomic E-state index is 12.8. The summed E-state index contributed by atoms with van der Waals surface area (Å²) >= 11 is 0. The lowest BCUT2D eigenvalue weighted by Crippen LogP contribution is -2.24. The Morgan fingerprint density at radius 3 is 2.31 bits per heavy atom. The van der Waals surface area contributed by atoms with E-state index in [4.69, 9.17) is 5.41 Å². The minimum absolute atomic E-state index is 0.121. The molecule has 1 aromatic heterocycles. The molecule has 2 aromatic carbocycles. The van der Waals surface area contributed by atoms with Crippen LogP contribution in [0.5, 0.6) is 0 Å². The molecule has 0 saturated heterocycles. The Kier molecular flexibility index (Phi) is 6.12.